The molecule has 0 heterocycles. The quantitative estimate of drug-likeness (QED) is 0.866. The number of hydrogen-bond donors (Lipinski definition) is 1. The summed E-state index contributed by atoms with van der Waals surface area (Å²) < 4.78 is 19.0. The predicted molar refractivity (Wildman–Crippen MR) is 73.9 cm³/mol. The minimum Gasteiger partial charge on any atom is -0.444 e. The van der Waals surface area contributed by atoms with Crippen molar-refractivity contribution in [3.8, 4) is 0 Å². The molecular formula is C15H20FNO3. The Hall–Kier alpha value is -1.91. The van der Waals surface area contributed by atoms with E-state index in [1.54, 1.807) is 33.8 Å². The molecule has 1 aromatic carbocycles. The van der Waals surface area contributed by atoms with Crippen LogP contribution in [0, 0.1) is 12.7 Å². The molecule has 1 N–H and O–H groups in total. The molecule has 0 bridgehead atoms. The first-order valence-electron chi connectivity index (χ1n) is 6.31. The SMILES string of the molecule is Cc1ccc(F)c(C(C)(C=O)NC(=O)OC(C)(C)C)c1. The Bertz CT molecular complexity index is 522. The van der Waals surface area contributed by atoms with Crippen molar-refractivity contribution in [3.05, 3.63) is 35.1 Å². The number of carbonyl (C=O) groups is 2. The number of rotatable bonds is 3. The highest BCUT2D eigenvalue weighted by molar-refractivity contribution is 5.78. The van der Waals surface area contributed by atoms with E-state index in [1.165, 1.54) is 19.1 Å². The first kappa shape index (κ1) is 16.1. The van der Waals surface area contributed by atoms with Gasteiger partial charge >= 0.3 is 6.09 Å². The normalized spacial score (nSPS) is 14.3. The third kappa shape index (κ3) is 4.05. The van der Waals surface area contributed by atoms with Gasteiger partial charge in [-0.25, -0.2) is 9.18 Å². The summed E-state index contributed by atoms with van der Waals surface area (Å²) >= 11 is 0. The van der Waals surface area contributed by atoms with Crippen LogP contribution in [0.25, 0.3) is 0 Å². The summed E-state index contributed by atoms with van der Waals surface area (Å²) in [7, 11) is 0. The third-order valence-corrected chi connectivity index (χ3v) is 2.68. The van der Waals surface area contributed by atoms with Crippen molar-refractivity contribution >= 4 is 12.4 Å². The monoisotopic (exact) mass is 281 g/mol. The lowest BCUT2D eigenvalue weighted by molar-refractivity contribution is -0.113. The van der Waals surface area contributed by atoms with E-state index >= 15 is 0 Å². The van der Waals surface area contributed by atoms with Gasteiger partial charge in [-0.05, 0) is 40.7 Å². The molecule has 4 nitrogen and oxygen atoms in total. The van der Waals surface area contributed by atoms with Crippen LogP contribution in [0.3, 0.4) is 0 Å². The Morgan fingerprint density at radius 3 is 2.40 bits per heavy atom. The van der Waals surface area contributed by atoms with Gasteiger partial charge in [0.1, 0.15) is 23.2 Å². The average molecular weight is 281 g/mol. The van der Waals surface area contributed by atoms with Crippen LogP contribution in [0.5, 0.6) is 0 Å². The second-order valence-corrected chi connectivity index (χ2v) is 5.93. The fraction of sp³-hybridized carbons (Fsp3) is 0.467. The Labute approximate surface area is 118 Å². The second kappa shape index (κ2) is 5.61. The summed E-state index contributed by atoms with van der Waals surface area (Å²) in [5, 5.41) is 2.41. The topological polar surface area (TPSA) is 55.4 Å². The van der Waals surface area contributed by atoms with Crippen molar-refractivity contribution in [2.24, 2.45) is 0 Å². The van der Waals surface area contributed by atoms with E-state index in [0.29, 0.717) is 6.29 Å². The van der Waals surface area contributed by atoms with Crippen LogP contribution in [0.15, 0.2) is 18.2 Å². The Morgan fingerprint density at radius 2 is 1.90 bits per heavy atom. The van der Waals surface area contributed by atoms with E-state index in [2.05, 4.69) is 5.32 Å². The highest BCUT2D eigenvalue weighted by Gasteiger charge is 2.33. The summed E-state index contributed by atoms with van der Waals surface area (Å²) in [6, 6.07) is 4.39. The van der Waals surface area contributed by atoms with Crippen molar-refractivity contribution in [3.63, 3.8) is 0 Å². The third-order valence-electron chi connectivity index (χ3n) is 2.68. The molecule has 0 spiro atoms. The Balaban J connectivity index is 3.06. The average Bonchev–Trinajstić information content (AvgIpc) is 2.29. The van der Waals surface area contributed by atoms with Crippen molar-refractivity contribution in [2.75, 3.05) is 0 Å². The molecule has 1 amide bonds. The van der Waals surface area contributed by atoms with E-state index < -0.39 is 23.1 Å². The Morgan fingerprint density at radius 1 is 1.30 bits per heavy atom. The number of hydrogen-bond acceptors (Lipinski definition) is 3. The Kier molecular flexibility index (Phi) is 4.53. The highest BCUT2D eigenvalue weighted by Crippen LogP contribution is 2.23. The van der Waals surface area contributed by atoms with E-state index in [4.69, 9.17) is 4.74 Å². The van der Waals surface area contributed by atoms with Crippen LogP contribution in [0.1, 0.15) is 38.8 Å². The van der Waals surface area contributed by atoms with Gasteiger partial charge in [0.15, 0.2) is 0 Å². The van der Waals surface area contributed by atoms with Gasteiger partial charge in [0.25, 0.3) is 0 Å². The molecule has 0 radical (unpaired) electrons. The number of benzene rings is 1. The molecule has 20 heavy (non-hydrogen) atoms. The molecule has 0 fully saturated rings. The van der Waals surface area contributed by atoms with Gasteiger partial charge in [-0.15, -0.1) is 0 Å². The minimum absolute atomic E-state index is 0.110. The van der Waals surface area contributed by atoms with Crippen LogP contribution in [0.4, 0.5) is 9.18 Å². The molecule has 5 heteroatoms. The van der Waals surface area contributed by atoms with Crippen LogP contribution in [-0.4, -0.2) is 18.0 Å². The second-order valence-electron chi connectivity index (χ2n) is 5.93. The molecule has 0 saturated heterocycles. The lowest BCUT2D eigenvalue weighted by Gasteiger charge is -2.28. The number of aryl methyl sites for hydroxylation is 1. The molecule has 1 unspecified atom stereocenters. The van der Waals surface area contributed by atoms with Crippen LogP contribution >= 0.6 is 0 Å². The van der Waals surface area contributed by atoms with Crippen molar-refractivity contribution in [1.82, 2.24) is 5.32 Å². The van der Waals surface area contributed by atoms with E-state index in [1.807, 2.05) is 0 Å². The molecule has 1 aromatic rings. The number of carbonyl (C=O) groups excluding carboxylic acids is 2. The molecule has 110 valence electrons. The molecule has 0 saturated carbocycles. The lowest BCUT2D eigenvalue weighted by atomic mass is 9.92. The summed E-state index contributed by atoms with van der Waals surface area (Å²) in [6.07, 6.45) is -0.276. The molecule has 0 aliphatic heterocycles. The van der Waals surface area contributed by atoms with Crippen LogP contribution < -0.4 is 5.32 Å². The standard InChI is InChI=1S/C15H20FNO3/c1-10-6-7-12(16)11(8-10)15(5,9-18)17-13(19)20-14(2,3)4/h6-9H,1-5H3,(H,17,19). The zero-order valence-corrected chi connectivity index (χ0v) is 12.4. The van der Waals surface area contributed by atoms with Crippen LogP contribution in [0.2, 0.25) is 0 Å². The van der Waals surface area contributed by atoms with Gasteiger partial charge in [0, 0.05) is 5.56 Å². The highest BCUT2D eigenvalue weighted by atomic mass is 19.1. The zero-order chi connectivity index (χ0) is 15.6. The summed E-state index contributed by atoms with van der Waals surface area (Å²) in [5.41, 5.74) is -1.27. The van der Waals surface area contributed by atoms with E-state index in [9.17, 15) is 14.0 Å². The van der Waals surface area contributed by atoms with E-state index in [-0.39, 0.29) is 5.56 Å². The molecule has 0 aliphatic carbocycles. The molecular weight excluding hydrogens is 261 g/mol. The van der Waals surface area contributed by atoms with Crippen molar-refractivity contribution < 1.29 is 18.7 Å². The maximum absolute atomic E-state index is 13.9. The van der Waals surface area contributed by atoms with Crippen molar-refractivity contribution in [1.29, 1.82) is 0 Å². The van der Waals surface area contributed by atoms with E-state index in [0.717, 1.165) is 5.56 Å². The number of amides is 1. The summed E-state index contributed by atoms with van der Waals surface area (Å²) in [6.45, 7) is 8.33. The predicted octanol–water partition coefficient (Wildman–Crippen LogP) is 3.07. The van der Waals surface area contributed by atoms with Gasteiger partial charge in [-0.3, -0.25) is 0 Å². The summed E-state index contributed by atoms with van der Waals surface area (Å²) in [4.78, 5) is 23.1. The smallest absolute Gasteiger partial charge is 0.408 e. The molecule has 0 aliphatic rings. The maximum atomic E-state index is 13.9. The first-order valence-corrected chi connectivity index (χ1v) is 6.31. The molecule has 1 rings (SSSR count). The number of aldehydes is 1. The van der Waals surface area contributed by atoms with Gasteiger partial charge in [0.2, 0.25) is 0 Å². The molecule has 1 atom stereocenters. The van der Waals surface area contributed by atoms with Gasteiger partial charge < -0.3 is 14.8 Å². The largest absolute Gasteiger partial charge is 0.444 e. The maximum Gasteiger partial charge on any atom is 0.408 e. The number of alkyl carbamates (subject to hydrolysis) is 1. The summed E-state index contributed by atoms with van der Waals surface area (Å²) in [5.74, 6) is -0.554. The number of nitrogens with one attached hydrogen (secondary N) is 1. The number of ether oxygens (including phenoxy) is 1. The molecule has 0 aromatic heterocycles. The number of halogens is 1. The van der Waals surface area contributed by atoms with Gasteiger partial charge in [-0.1, -0.05) is 17.7 Å². The fourth-order valence-corrected chi connectivity index (χ4v) is 1.71. The lowest BCUT2D eigenvalue weighted by Crippen LogP contribution is -2.47. The van der Waals surface area contributed by atoms with Crippen molar-refractivity contribution in [2.45, 2.75) is 45.8 Å². The fourth-order valence-electron chi connectivity index (χ4n) is 1.71. The minimum atomic E-state index is -1.47. The first-order chi connectivity index (χ1) is 9.07. The van der Waals surface area contributed by atoms with Gasteiger partial charge in [-0.2, -0.15) is 0 Å². The van der Waals surface area contributed by atoms with Crippen LogP contribution in [-0.2, 0) is 15.1 Å². The zero-order valence-electron chi connectivity index (χ0n) is 12.4. The van der Waals surface area contributed by atoms with Gasteiger partial charge in [0.05, 0.1) is 0 Å².